The molecule has 2 N–H and O–H groups in total. The van der Waals surface area contributed by atoms with Crippen molar-refractivity contribution in [2.75, 3.05) is 0 Å². The van der Waals surface area contributed by atoms with Gasteiger partial charge in [0.1, 0.15) is 6.04 Å². The number of hydrogen-bond acceptors (Lipinski definition) is 3. The smallest absolute Gasteiger partial charge is 0.328 e. The van der Waals surface area contributed by atoms with E-state index >= 15 is 0 Å². The van der Waals surface area contributed by atoms with Crippen molar-refractivity contribution in [2.45, 2.75) is 25.0 Å². The number of aromatic nitrogens is 1. The van der Waals surface area contributed by atoms with Crippen LogP contribution in [0.4, 0.5) is 4.79 Å². The fraction of sp³-hybridized carbons (Fsp3) is 0.190. The minimum Gasteiger partial charge on any atom is -0.480 e. The predicted octanol–water partition coefficient (Wildman–Crippen LogP) is 2.68. The Balaban J connectivity index is 1.63. The van der Waals surface area contributed by atoms with Gasteiger partial charge in [-0.2, -0.15) is 0 Å². The first kappa shape index (κ1) is 16.6. The summed E-state index contributed by atoms with van der Waals surface area (Å²) in [6.07, 6.45) is 0.170. The van der Waals surface area contributed by atoms with Gasteiger partial charge in [0.15, 0.2) is 6.04 Å². The minimum atomic E-state index is -1.11. The monoisotopic (exact) mass is 375 g/mol. The SMILES string of the molecule is O=C(O)[C@@H]1Cc2c([nH]c3ccccc23)[C@H]2C(=O)N(Cc3ccccc3)C(=O)N21. The van der Waals surface area contributed by atoms with Crippen molar-refractivity contribution in [3.8, 4) is 0 Å². The highest BCUT2D eigenvalue weighted by atomic mass is 16.4. The Hall–Kier alpha value is -3.61. The van der Waals surface area contributed by atoms with E-state index in [-0.39, 0.29) is 13.0 Å². The number of benzene rings is 2. The fourth-order valence-corrected chi connectivity index (χ4v) is 4.27. The van der Waals surface area contributed by atoms with E-state index in [1.165, 1.54) is 4.90 Å². The molecule has 0 radical (unpaired) electrons. The van der Waals surface area contributed by atoms with Crippen molar-refractivity contribution < 1.29 is 19.5 Å². The van der Waals surface area contributed by atoms with E-state index in [4.69, 9.17) is 0 Å². The van der Waals surface area contributed by atoms with Crippen molar-refractivity contribution in [3.63, 3.8) is 0 Å². The molecule has 2 aliphatic rings. The molecule has 0 saturated carbocycles. The van der Waals surface area contributed by atoms with E-state index in [0.29, 0.717) is 5.69 Å². The second-order valence-corrected chi connectivity index (χ2v) is 7.12. The number of hydrogen-bond donors (Lipinski definition) is 2. The van der Waals surface area contributed by atoms with Gasteiger partial charge in [0.25, 0.3) is 5.91 Å². The zero-order chi connectivity index (χ0) is 19.4. The van der Waals surface area contributed by atoms with Gasteiger partial charge in [0.2, 0.25) is 0 Å². The Bertz CT molecular complexity index is 1120. The third kappa shape index (κ3) is 2.26. The molecule has 3 aromatic rings. The molecule has 3 amide bonds. The normalized spacial score (nSPS) is 21.1. The standard InChI is InChI=1S/C21H17N3O4/c25-19-18-17-14(13-8-4-5-9-15(13)22-17)10-16(20(26)27)24(18)21(28)23(19)11-12-6-2-1-3-7-12/h1-9,16,18,22H,10-11H2,(H,26,27)/t16-,18-/m0/s1. The van der Waals surface area contributed by atoms with Gasteiger partial charge in [-0.25, -0.2) is 9.59 Å². The highest BCUT2D eigenvalue weighted by Gasteiger charge is 2.54. The Morgan fingerprint density at radius 1 is 1.07 bits per heavy atom. The number of para-hydroxylation sites is 1. The van der Waals surface area contributed by atoms with Gasteiger partial charge in [0.05, 0.1) is 12.2 Å². The molecule has 1 fully saturated rings. The maximum absolute atomic E-state index is 13.2. The Morgan fingerprint density at radius 3 is 2.54 bits per heavy atom. The van der Waals surface area contributed by atoms with Gasteiger partial charge in [-0.15, -0.1) is 0 Å². The Kier molecular flexibility index (Phi) is 3.52. The van der Waals surface area contributed by atoms with Gasteiger partial charge in [0, 0.05) is 17.3 Å². The number of rotatable bonds is 3. The van der Waals surface area contributed by atoms with Gasteiger partial charge in [-0.05, 0) is 17.2 Å². The molecule has 7 heteroatoms. The van der Waals surface area contributed by atoms with E-state index in [1.807, 2.05) is 54.6 Å². The highest BCUT2D eigenvalue weighted by Crippen LogP contribution is 2.42. The number of carboxylic acids is 1. The topological polar surface area (TPSA) is 93.7 Å². The van der Waals surface area contributed by atoms with Crippen LogP contribution in [0.2, 0.25) is 0 Å². The first-order valence-corrected chi connectivity index (χ1v) is 9.06. The molecule has 5 rings (SSSR count). The maximum atomic E-state index is 13.2. The van der Waals surface area contributed by atoms with Crippen LogP contribution in [0.25, 0.3) is 10.9 Å². The van der Waals surface area contributed by atoms with Crippen LogP contribution in [0.1, 0.15) is 22.9 Å². The molecular formula is C21H17N3O4. The molecule has 1 saturated heterocycles. The van der Waals surface area contributed by atoms with Crippen molar-refractivity contribution in [2.24, 2.45) is 0 Å². The number of carbonyl (C=O) groups is 3. The number of carboxylic acid groups (broad SMARTS) is 1. The molecule has 0 aliphatic carbocycles. The van der Waals surface area contributed by atoms with Crippen LogP contribution < -0.4 is 0 Å². The van der Waals surface area contributed by atoms with Crippen molar-refractivity contribution in [1.29, 1.82) is 0 Å². The van der Waals surface area contributed by atoms with Crippen LogP contribution >= 0.6 is 0 Å². The Morgan fingerprint density at radius 2 is 1.79 bits per heavy atom. The molecule has 140 valence electrons. The molecular weight excluding hydrogens is 358 g/mol. The summed E-state index contributed by atoms with van der Waals surface area (Å²) < 4.78 is 0. The number of imide groups is 1. The number of carbonyl (C=O) groups excluding carboxylic acids is 2. The number of fused-ring (bicyclic) bond motifs is 5. The average Bonchev–Trinajstić information content (AvgIpc) is 3.19. The second-order valence-electron chi connectivity index (χ2n) is 7.12. The number of nitrogens with one attached hydrogen (secondary N) is 1. The first-order valence-electron chi connectivity index (χ1n) is 9.06. The van der Waals surface area contributed by atoms with Crippen molar-refractivity contribution in [1.82, 2.24) is 14.8 Å². The van der Waals surface area contributed by atoms with Gasteiger partial charge in [-0.3, -0.25) is 14.6 Å². The summed E-state index contributed by atoms with van der Waals surface area (Å²) in [5, 5.41) is 10.7. The van der Waals surface area contributed by atoms with Gasteiger partial charge < -0.3 is 10.1 Å². The van der Waals surface area contributed by atoms with Crippen LogP contribution in [-0.4, -0.2) is 43.8 Å². The quantitative estimate of drug-likeness (QED) is 0.688. The summed E-state index contributed by atoms with van der Waals surface area (Å²) >= 11 is 0. The zero-order valence-electron chi connectivity index (χ0n) is 14.8. The molecule has 2 aliphatic heterocycles. The molecule has 0 unspecified atom stereocenters. The summed E-state index contributed by atoms with van der Waals surface area (Å²) in [5.74, 6) is -1.50. The highest BCUT2D eigenvalue weighted by molar-refractivity contribution is 6.07. The number of nitrogens with zero attached hydrogens (tertiary/aromatic N) is 2. The third-order valence-corrected chi connectivity index (χ3v) is 5.55. The number of amides is 3. The summed E-state index contributed by atoms with van der Waals surface area (Å²) in [4.78, 5) is 43.8. The molecule has 28 heavy (non-hydrogen) atoms. The van der Waals surface area contributed by atoms with E-state index in [9.17, 15) is 19.5 Å². The van der Waals surface area contributed by atoms with E-state index < -0.39 is 30.0 Å². The number of aromatic amines is 1. The van der Waals surface area contributed by atoms with Crippen LogP contribution in [0.15, 0.2) is 54.6 Å². The summed E-state index contributed by atoms with van der Waals surface area (Å²) in [5.41, 5.74) is 3.06. The minimum absolute atomic E-state index is 0.118. The molecule has 0 bridgehead atoms. The molecule has 2 atom stereocenters. The van der Waals surface area contributed by atoms with Crippen LogP contribution in [0.3, 0.4) is 0 Å². The largest absolute Gasteiger partial charge is 0.480 e. The molecule has 1 aromatic heterocycles. The lowest BCUT2D eigenvalue weighted by Crippen LogP contribution is -2.48. The number of H-pyrrole nitrogens is 1. The average molecular weight is 375 g/mol. The lowest BCUT2D eigenvalue weighted by molar-refractivity contribution is -0.143. The van der Waals surface area contributed by atoms with Gasteiger partial charge in [-0.1, -0.05) is 48.5 Å². The fourth-order valence-electron chi connectivity index (χ4n) is 4.27. The second kappa shape index (κ2) is 5.95. The van der Waals surface area contributed by atoms with Crippen molar-refractivity contribution >= 4 is 28.8 Å². The summed E-state index contributed by atoms with van der Waals surface area (Å²) in [6.45, 7) is 0.118. The number of urea groups is 1. The summed E-state index contributed by atoms with van der Waals surface area (Å²) in [6, 6.07) is 14.2. The number of aliphatic carboxylic acids is 1. The summed E-state index contributed by atoms with van der Waals surface area (Å²) in [7, 11) is 0. The maximum Gasteiger partial charge on any atom is 0.328 e. The van der Waals surface area contributed by atoms with Crippen LogP contribution in [0, 0.1) is 0 Å². The molecule has 3 heterocycles. The van der Waals surface area contributed by atoms with Crippen LogP contribution in [-0.2, 0) is 22.6 Å². The molecule has 2 aromatic carbocycles. The third-order valence-electron chi connectivity index (χ3n) is 5.55. The zero-order valence-corrected chi connectivity index (χ0v) is 14.8. The Labute approximate surface area is 160 Å². The van der Waals surface area contributed by atoms with Crippen molar-refractivity contribution in [3.05, 3.63) is 71.4 Å². The predicted molar refractivity (Wildman–Crippen MR) is 100 cm³/mol. The van der Waals surface area contributed by atoms with E-state index in [2.05, 4.69) is 4.98 Å². The molecule has 7 nitrogen and oxygen atoms in total. The first-order chi connectivity index (χ1) is 13.6. The molecule has 0 spiro atoms. The van der Waals surface area contributed by atoms with Crippen LogP contribution in [0.5, 0.6) is 0 Å². The lowest BCUT2D eigenvalue weighted by atomic mass is 9.92. The van der Waals surface area contributed by atoms with Gasteiger partial charge >= 0.3 is 12.0 Å². The lowest BCUT2D eigenvalue weighted by Gasteiger charge is -2.32. The van der Waals surface area contributed by atoms with E-state index in [0.717, 1.165) is 26.9 Å². The van der Waals surface area contributed by atoms with E-state index in [1.54, 1.807) is 0 Å².